The highest BCUT2D eigenvalue weighted by molar-refractivity contribution is 7.19. The molecule has 0 aliphatic heterocycles. The number of amides is 1. The molecule has 0 atom stereocenters. The Kier molecular flexibility index (Phi) is 4.75. The predicted molar refractivity (Wildman–Crippen MR) is 104 cm³/mol. The van der Waals surface area contributed by atoms with Crippen LogP contribution in [0.1, 0.15) is 21.7 Å². The topological polar surface area (TPSA) is 83.6 Å². The number of rotatable bonds is 3. The molecule has 4 rings (SSSR count). The summed E-state index contributed by atoms with van der Waals surface area (Å²) in [6, 6.07) is 9.27. The van der Waals surface area contributed by atoms with Gasteiger partial charge >= 0.3 is 6.18 Å². The molecule has 0 aliphatic rings. The average molecular weight is 438 g/mol. The summed E-state index contributed by atoms with van der Waals surface area (Å²) in [6.45, 7) is 1.33. The van der Waals surface area contributed by atoms with Gasteiger partial charge in [0.1, 0.15) is 10.6 Å². The Morgan fingerprint density at radius 3 is 2.59 bits per heavy atom. The zero-order valence-corrected chi connectivity index (χ0v) is 16.2. The SMILES string of the molecule is Cc1nc(C(F)(F)F)ccc1C(=O)Nc1nc(Cl)c(-c2nc3ccccc3[nH]2)s1. The fourth-order valence-electron chi connectivity index (χ4n) is 2.68. The van der Waals surface area contributed by atoms with E-state index >= 15 is 0 Å². The first-order valence-electron chi connectivity index (χ1n) is 8.20. The van der Waals surface area contributed by atoms with Gasteiger partial charge in [0, 0.05) is 0 Å². The monoisotopic (exact) mass is 437 g/mol. The van der Waals surface area contributed by atoms with E-state index in [4.69, 9.17) is 11.6 Å². The number of carbonyl (C=O) groups excluding carboxylic acids is 1. The van der Waals surface area contributed by atoms with Gasteiger partial charge in [-0.2, -0.15) is 13.2 Å². The maximum atomic E-state index is 12.7. The van der Waals surface area contributed by atoms with Gasteiger partial charge in [0.25, 0.3) is 5.91 Å². The lowest BCUT2D eigenvalue weighted by molar-refractivity contribution is -0.141. The van der Waals surface area contributed by atoms with Gasteiger partial charge in [0.15, 0.2) is 16.1 Å². The molecule has 0 saturated heterocycles. The van der Waals surface area contributed by atoms with Crippen LogP contribution in [0.3, 0.4) is 0 Å². The second-order valence-electron chi connectivity index (χ2n) is 6.02. The Balaban J connectivity index is 1.59. The predicted octanol–water partition coefficient (Wildman–Crippen LogP) is 5.31. The standard InChI is InChI=1S/C18H11ClF3N5OS/c1-8-9(6-7-12(23-8)18(20,21)22)16(28)27-17-26-14(19)13(29-17)15-24-10-4-2-3-5-11(10)25-15/h2-7H,1H3,(H,24,25)(H,26,27,28). The summed E-state index contributed by atoms with van der Waals surface area (Å²) in [6.07, 6.45) is -4.58. The van der Waals surface area contributed by atoms with Crippen LogP contribution in [0.5, 0.6) is 0 Å². The summed E-state index contributed by atoms with van der Waals surface area (Å²) < 4.78 is 38.2. The van der Waals surface area contributed by atoms with Gasteiger partial charge in [0.05, 0.1) is 22.3 Å². The second-order valence-corrected chi connectivity index (χ2v) is 7.38. The molecule has 0 bridgehead atoms. The van der Waals surface area contributed by atoms with Crippen LogP contribution < -0.4 is 5.32 Å². The number of anilines is 1. The number of benzene rings is 1. The molecule has 11 heteroatoms. The van der Waals surface area contributed by atoms with Crippen LogP contribution in [-0.2, 0) is 6.18 Å². The van der Waals surface area contributed by atoms with E-state index in [1.54, 1.807) is 0 Å². The molecular weight excluding hydrogens is 427 g/mol. The van der Waals surface area contributed by atoms with Crippen LogP contribution in [-0.4, -0.2) is 25.8 Å². The van der Waals surface area contributed by atoms with Crippen molar-refractivity contribution in [3.05, 3.63) is 58.5 Å². The van der Waals surface area contributed by atoms with E-state index in [0.717, 1.165) is 34.5 Å². The van der Waals surface area contributed by atoms with Crippen molar-refractivity contribution in [2.75, 3.05) is 5.32 Å². The molecular formula is C18H11ClF3N5OS. The molecule has 1 amide bonds. The van der Waals surface area contributed by atoms with Crippen molar-refractivity contribution in [3.63, 3.8) is 0 Å². The first kappa shape index (κ1) is 19.3. The number of nitrogens with zero attached hydrogens (tertiary/aromatic N) is 3. The normalized spacial score (nSPS) is 11.8. The van der Waals surface area contributed by atoms with Crippen LogP contribution in [0.25, 0.3) is 21.7 Å². The van der Waals surface area contributed by atoms with Gasteiger partial charge in [-0.3, -0.25) is 10.1 Å². The van der Waals surface area contributed by atoms with E-state index in [0.29, 0.717) is 10.7 Å². The molecule has 0 radical (unpaired) electrons. The van der Waals surface area contributed by atoms with Gasteiger partial charge < -0.3 is 4.98 Å². The molecule has 0 saturated carbocycles. The fourth-order valence-corrected chi connectivity index (χ4v) is 3.82. The smallest absolute Gasteiger partial charge is 0.337 e. The van der Waals surface area contributed by atoms with Crippen LogP contribution in [0.15, 0.2) is 36.4 Å². The number of imidazole rings is 1. The van der Waals surface area contributed by atoms with Crippen LogP contribution in [0.4, 0.5) is 18.3 Å². The minimum atomic E-state index is -4.58. The highest BCUT2D eigenvalue weighted by Crippen LogP contribution is 2.36. The Bertz CT molecular complexity index is 1200. The molecule has 0 unspecified atom stereocenters. The minimum Gasteiger partial charge on any atom is -0.337 e. The number of halogens is 4. The number of thiazole rings is 1. The molecule has 1 aromatic carbocycles. The Labute approximate surface area is 170 Å². The summed E-state index contributed by atoms with van der Waals surface area (Å²) in [4.78, 5) is 28.1. The third-order valence-electron chi connectivity index (χ3n) is 4.03. The molecule has 0 spiro atoms. The molecule has 3 heterocycles. The summed E-state index contributed by atoms with van der Waals surface area (Å²) in [7, 11) is 0. The van der Waals surface area contributed by atoms with Gasteiger partial charge in [-0.05, 0) is 31.2 Å². The Morgan fingerprint density at radius 1 is 1.14 bits per heavy atom. The number of para-hydroxylation sites is 2. The maximum Gasteiger partial charge on any atom is 0.433 e. The molecule has 4 aromatic rings. The maximum absolute atomic E-state index is 12.7. The molecule has 3 aromatic heterocycles. The van der Waals surface area contributed by atoms with Crippen molar-refractivity contribution in [1.29, 1.82) is 0 Å². The van der Waals surface area contributed by atoms with E-state index in [1.165, 1.54) is 6.92 Å². The molecule has 29 heavy (non-hydrogen) atoms. The van der Waals surface area contributed by atoms with Gasteiger partial charge in [-0.1, -0.05) is 35.1 Å². The number of nitrogens with one attached hydrogen (secondary N) is 2. The fraction of sp³-hybridized carbons (Fsp3) is 0.111. The Morgan fingerprint density at radius 2 is 1.90 bits per heavy atom. The first-order valence-corrected chi connectivity index (χ1v) is 9.39. The number of fused-ring (bicyclic) bond motifs is 1. The van der Waals surface area contributed by atoms with Crippen molar-refractivity contribution in [2.24, 2.45) is 0 Å². The lowest BCUT2D eigenvalue weighted by Crippen LogP contribution is -2.16. The number of aromatic amines is 1. The first-order chi connectivity index (χ1) is 13.7. The van der Waals surface area contributed by atoms with Crippen LogP contribution >= 0.6 is 22.9 Å². The number of pyridine rings is 1. The number of hydrogen-bond donors (Lipinski definition) is 2. The lowest BCUT2D eigenvalue weighted by atomic mass is 10.1. The van der Waals surface area contributed by atoms with E-state index in [-0.39, 0.29) is 21.5 Å². The summed E-state index contributed by atoms with van der Waals surface area (Å²) >= 11 is 7.28. The van der Waals surface area contributed by atoms with E-state index in [2.05, 4.69) is 25.3 Å². The molecule has 6 nitrogen and oxygen atoms in total. The summed E-state index contributed by atoms with van der Waals surface area (Å²) in [5, 5.41) is 2.88. The third kappa shape index (κ3) is 3.81. The van der Waals surface area contributed by atoms with Crippen molar-refractivity contribution in [1.82, 2.24) is 19.9 Å². The van der Waals surface area contributed by atoms with Crippen molar-refractivity contribution < 1.29 is 18.0 Å². The summed E-state index contributed by atoms with van der Waals surface area (Å²) in [5.74, 6) is -0.133. The van der Waals surface area contributed by atoms with Crippen LogP contribution in [0.2, 0.25) is 5.15 Å². The highest BCUT2D eigenvalue weighted by Gasteiger charge is 2.33. The van der Waals surface area contributed by atoms with Gasteiger partial charge in [0.2, 0.25) is 0 Å². The number of aromatic nitrogens is 4. The van der Waals surface area contributed by atoms with E-state index in [1.807, 2.05) is 24.3 Å². The third-order valence-corrected chi connectivity index (χ3v) is 5.39. The molecule has 2 N–H and O–H groups in total. The highest BCUT2D eigenvalue weighted by atomic mass is 35.5. The number of carbonyl (C=O) groups is 1. The van der Waals surface area contributed by atoms with E-state index < -0.39 is 17.8 Å². The summed E-state index contributed by atoms with van der Waals surface area (Å²) in [5.41, 5.74) is 0.483. The minimum absolute atomic E-state index is 0.00890. The number of H-pyrrole nitrogens is 1. The number of alkyl halides is 3. The van der Waals surface area contributed by atoms with Crippen LogP contribution in [0, 0.1) is 6.92 Å². The van der Waals surface area contributed by atoms with Crippen molar-refractivity contribution in [3.8, 4) is 10.7 Å². The Hall–Kier alpha value is -2.98. The van der Waals surface area contributed by atoms with Crippen molar-refractivity contribution in [2.45, 2.75) is 13.1 Å². The molecule has 148 valence electrons. The largest absolute Gasteiger partial charge is 0.433 e. The lowest BCUT2D eigenvalue weighted by Gasteiger charge is -2.09. The second kappa shape index (κ2) is 7.12. The van der Waals surface area contributed by atoms with E-state index in [9.17, 15) is 18.0 Å². The zero-order valence-electron chi connectivity index (χ0n) is 14.6. The molecule has 0 aliphatic carbocycles. The van der Waals surface area contributed by atoms with Gasteiger partial charge in [-0.25, -0.2) is 15.0 Å². The quantitative estimate of drug-likeness (QED) is 0.454. The average Bonchev–Trinajstić information content (AvgIpc) is 3.23. The molecule has 0 fully saturated rings. The zero-order chi connectivity index (χ0) is 20.8. The van der Waals surface area contributed by atoms with Crippen molar-refractivity contribution >= 4 is 45.0 Å². The van der Waals surface area contributed by atoms with Gasteiger partial charge in [-0.15, -0.1) is 0 Å². The number of aryl methyl sites for hydroxylation is 1. The number of hydrogen-bond acceptors (Lipinski definition) is 5.